The Bertz CT molecular complexity index is 42.2. The van der Waals surface area contributed by atoms with Gasteiger partial charge < -0.3 is 0 Å². The van der Waals surface area contributed by atoms with Gasteiger partial charge in [-0.3, -0.25) is 0 Å². The van der Waals surface area contributed by atoms with E-state index in [0.717, 1.165) is 5.20 Å². The maximum absolute atomic E-state index is 5.26. The van der Waals surface area contributed by atoms with E-state index in [1.54, 1.807) is 0 Å². The minimum absolute atomic E-state index is 0.392. The van der Waals surface area contributed by atoms with Crippen LogP contribution in [0.25, 0.3) is 0 Å². The normalized spacial score (nSPS) is 7.60. The first-order valence-electron chi connectivity index (χ1n) is 1.29. The number of allylic oxidation sites excluding steroid dienone is 1. The van der Waals surface area contributed by atoms with Gasteiger partial charge in [-0.1, -0.05) is 5.20 Å². The molecule has 0 N–H and O–H groups in total. The largest absolute Gasteiger partial charge is 0.205 e. The summed E-state index contributed by atoms with van der Waals surface area (Å²) in [5.74, 6) is 0. The molecule has 0 fully saturated rings. The Morgan fingerprint density at radius 1 is 2.00 bits per heavy atom. The molecule has 0 aromatic carbocycles. The van der Waals surface area contributed by atoms with Crippen LogP contribution in [0.2, 0.25) is 0 Å². The molecule has 5 heavy (non-hydrogen) atoms. The Labute approximate surface area is 39.4 Å². The van der Waals surface area contributed by atoms with Crippen LogP contribution in [0.5, 0.6) is 0 Å². The van der Waals surface area contributed by atoms with Gasteiger partial charge in [0.15, 0.2) is 0 Å². The molecule has 0 aliphatic heterocycles. The summed E-state index contributed by atoms with van der Waals surface area (Å²) in [6, 6.07) is 0. The Morgan fingerprint density at radius 2 is 2.20 bits per heavy atom. The highest BCUT2D eigenvalue weighted by molar-refractivity contribution is 6.97. The number of rotatable bonds is 1. The van der Waals surface area contributed by atoms with Crippen LogP contribution in [-0.4, -0.2) is 8.83 Å². The molecule has 0 saturated carbocycles. The van der Waals surface area contributed by atoms with Crippen molar-refractivity contribution in [3.63, 3.8) is 0 Å². The van der Waals surface area contributed by atoms with E-state index in [2.05, 4.69) is 6.58 Å². The fraction of sp³-hybridized carbons (Fsp3) is 0.333. The molecule has 0 aliphatic carbocycles. The van der Waals surface area contributed by atoms with Crippen molar-refractivity contribution in [3.8, 4) is 0 Å². The fourth-order valence-electron chi connectivity index (χ4n) is 0. The predicted octanol–water partition coefficient (Wildman–Crippen LogP) is 1.38. The van der Waals surface area contributed by atoms with Gasteiger partial charge in [0, 0.05) is 0 Å². The van der Waals surface area contributed by atoms with Crippen LogP contribution in [0.15, 0.2) is 11.8 Å². The van der Waals surface area contributed by atoms with Gasteiger partial charge in [-0.15, -0.1) is 6.58 Å². The number of hydrogen-bond acceptors (Lipinski definition) is 0. The molecule has 0 heterocycles. The van der Waals surface area contributed by atoms with Crippen molar-refractivity contribution < 1.29 is 0 Å². The first-order chi connectivity index (χ1) is 2.27. The molecule has 0 bridgehead atoms. The second-order valence-corrected chi connectivity index (χ2v) is 2.48. The Kier molecular flexibility index (Phi) is 2.60. The van der Waals surface area contributed by atoms with Crippen molar-refractivity contribution in [2.75, 3.05) is 0 Å². The van der Waals surface area contributed by atoms with Gasteiger partial charge >= 0.3 is 0 Å². The molecule has 2 radical (unpaired) electrons. The van der Waals surface area contributed by atoms with Crippen LogP contribution in [0.1, 0.15) is 6.92 Å². The molecular formula is C3H5ClSi. The lowest BCUT2D eigenvalue weighted by atomic mass is 10.8. The van der Waals surface area contributed by atoms with Gasteiger partial charge in [-0.05, 0) is 6.92 Å². The highest BCUT2D eigenvalue weighted by Gasteiger charge is 1.74. The van der Waals surface area contributed by atoms with E-state index in [1.165, 1.54) is 0 Å². The maximum Gasteiger partial charge on any atom is 0.205 e. The average molecular weight is 105 g/mol. The summed E-state index contributed by atoms with van der Waals surface area (Å²) in [5, 5.41) is 1.05. The summed E-state index contributed by atoms with van der Waals surface area (Å²) in [4.78, 5) is 0. The quantitative estimate of drug-likeness (QED) is 0.348. The van der Waals surface area contributed by atoms with Gasteiger partial charge in [-0.25, -0.2) is 0 Å². The van der Waals surface area contributed by atoms with Crippen molar-refractivity contribution in [3.05, 3.63) is 11.8 Å². The minimum atomic E-state index is 0.392. The minimum Gasteiger partial charge on any atom is -0.165 e. The summed E-state index contributed by atoms with van der Waals surface area (Å²) in [7, 11) is 0.392. The van der Waals surface area contributed by atoms with E-state index in [4.69, 9.17) is 11.1 Å². The van der Waals surface area contributed by atoms with E-state index in [-0.39, 0.29) is 0 Å². The maximum atomic E-state index is 5.26. The highest BCUT2D eigenvalue weighted by atomic mass is 35.6. The average Bonchev–Trinajstić information content (AvgIpc) is 1.38. The van der Waals surface area contributed by atoms with Crippen LogP contribution in [0, 0.1) is 0 Å². The Morgan fingerprint density at radius 3 is 2.20 bits per heavy atom. The SMILES string of the molecule is C=C(C)[Si]Cl. The molecule has 0 amide bonds. The monoisotopic (exact) mass is 104 g/mol. The van der Waals surface area contributed by atoms with Gasteiger partial charge in [0.1, 0.15) is 0 Å². The van der Waals surface area contributed by atoms with Crippen molar-refractivity contribution in [2.45, 2.75) is 6.92 Å². The van der Waals surface area contributed by atoms with Crippen molar-refractivity contribution in [1.29, 1.82) is 0 Å². The second-order valence-electron chi connectivity index (χ2n) is 0.875. The third-order valence-electron chi connectivity index (χ3n) is 0.161. The molecular weight excluding hydrogens is 99.6 g/mol. The number of halogens is 1. The van der Waals surface area contributed by atoms with Gasteiger partial charge in [0.05, 0.1) is 0 Å². The molecule has 0 aromatic rings. The van der Waals surface area contributed by atoms with E-state index < -0.39 is 0 Å². The zero-order valence-corrected chi connectivity index (χ0v) is 4.84. The Balaban J connectivity index is 2.85. The van der Waals surface area contributed by atoms with Gasteiger partial charge in [0.25, 0.3) is 0 Å². The van der Waals surface area contributed by atoms with Crippen molar-refractivity contribution in [1.82, 2.24) is 0 Å². The van der Waals surface area contributed by atoms with Gasteiger partial charge in [-0.2, -0.15) is 11.1 Å². The highest BCUT2D eigenvalue weighted by Crippen LogP contribution is 1.82. The lowest BCUT2D eigenvalue weighted by molar-refractivity contribution is 1.71. The third kappa shape index (κ3) is 4.25. The van der Waals surface area contributed by atoms with Crippen molar-refractivity contribution >= 4 is 19.9 Å². The first-order valence-corrected chi connectivity index (χ1v) is 3.30. The first kappa shape index (κ1) is 5.25. The molecule has 0 nitrogen and oxygen atoms in total. The second kappa shape index (κ2) is 2.48. The van der Waals surface area contributed by atoms with E-state index in [1.807, 2.05) is 6.92 Å². The standard InChI is InChI=1S/C3H5ClSi/c1-3(2)5-4/h1H2,2H3. The zero-order chi connectivity index (χ0) is 4.28. The summed E-state index contributed by atoms with van der Waals surface area (Å²) < 4.78 is 0. The molecule has 28 valence electrons. The molecule has 0 rings (SSSR count). The third-order valence-corrected chi connectivity index (χ3v) is 1.45. The molecule has 0 spiro atoms. The van der Waals surface area contributed by atoms with Crippen LogP contribution in [0.3, 0.4) is 0 Å². The zero-order valence-electron chi connectivity index (χ0n) is 3.09. The van der Waals surface area contributed by atoms with E-state index in [9.17, 15) is 0 Å². The predicted molar refractivity (Wildman–Crippen MR) is 26.4 cm³/mol. The molecule has 0 atom stereocenters. The summed E-state index contributed by atoms with van der Waals surface area (Å²) >= 11 is 5.26. The van der Waals surface area contributed by atoms with E-state index >= 15 is 0 Å². The smallest absolute Gasteiger partial charge is 0.165 e. The summed E-state index contributed by atoms with van der Waals surface area (Å²) in [6.45, 7) is 5.46. The van der Waals surface area contributed by atoms with E-state index in [0.29, 0.717) is 8.83 Å². The van der Waals surface area contributed by atoms with Crippen molar-refractivity contribution in [2.24, 2.45) is 0 Å². The van der Waals surface area contributed by atoms with Gasteiger partial charge in [0.2, 0.25) is 8.83 Å². The Hall–Kier alpha value is 0.247. The molecule has 0 aromatic heterocycles. The van der Waals surface area contributed by atoms with Crippen LogP contribution >= 0.6 is 11.1 Å². The van der Waals surface area contributed by atoms with Crippen LogP contribution in [0.4, 0.5) is 0 Å². The summed E-state index contributed by atoms with van der Waals surface area (Å²) in [5.41, 5.74) is 0. The molecule has 0 unspecified atom stereocenters. The molecule has 0 aliphatic rings. The lowest BCUT2D eigenvalue weighted by Gasteiger charge is -1.74. The van der Waals surface area contributed by atoms with Crippen LogP contribution in [-0.2, 0) is 0 Å². The topological polar surface area (TPSA) is 0 Å². The number of hydrogen-bond donors (Lipinski definition) is 0. The molecule has 2 heteroatoms. The van der Waals surface area contributed by atoms with Crippen LogP contribution < -0.4 is 0 Å². The lowest BCUT2D eigenvalue weighted by Crippen LogP contribution is -1.72. The fourth-order valence-corrected chi connectivity index (χ4v) is 0. The summed E-state index contributed by atoms with van der Waals surface area (Å²) in [6.07, 6.45) is 0. The molecule has 0 saturated heterocycles.